The maximum Gasteiger partial charge on any atom is 0.274 e. The molecule has 1 atom stereocenters. The fourth-order valence-corrected chi connectivity index (χ4v) is 1.57. The highest BCUT2D eigenvalue weighted by Crippen LogP contribution is 2.27. The van der Waals surface area contributed by atoms with Crippen LogP contribution in [0.25, 0.3) is 0 Å². The zero-order valence-corrected chi connectivity index (χ0v) is 9.15. The smallest absolute Gasteiger partial charge is 0.274 e. The number of nitrogens with zero attached hydrogens (tertiary/aromatic N) is 1. The van der Waals surface area contributed by atoms with Crippen molar-refractivity contribution in [2.45, 2.75) is 32.2 Å². The quantitative estimate of drug-likeness (QED) is 0.619. The van der Waals surface area contributed by atoms with Gasteiger partial charge < -0.3 is 5.73 Å². The van der Waals surface area contributed by atoms with Gasteiger partial charge in [0, 0.05) is 17.7 Å². The summed E-state index contributed by atoms with van der Waals surface area (Å²) in [5.74, 6) is -0.493. The number of benzene rings is 1. The monoisotopic (exact) mass is 226 g/mol. The summed E-state index contributed by atoms with van der Waals surface area (Å²) in [6.45, 7) is 2.01. The van der Waals surface area contributed by atoms with Crippen LogP contribution in [0.1, 0.15) is 37.8 Å². The lowest BCUT2D eigenvalue weighted by atomic mass is 10.0. The molecule has 0 heterocycles. The Morgan fingerprint density at radius 2 is 2.25 bits per heavy atom. The first-order chi connectivity index (χ1) is 7.56. The zero-order chi connectivity index (χ0) is 12.1. The third kappa shape index (κ3) is 3.00. The van der Waals surface area contributed by atoms with Gasteiger partial charge in [0.1, 0.15) is 5.82 Å². The average Bonchev–Trinajstić information content (AvgIpc) is 2.25. The summed E-state index contributed by atoms with van der Waals surface area (Å²) in [7, 11) is 0. The minimum atomic E-state index is -0.527. The van der Waals surface area contributed by atoms with Gasteiger partial charge in [-0.25, -0.2) is 4.39 Å². The number of nitro benzene ring substituents is 1. The first-order valence-corrected chi connectivity index (χ1v) is 5.25. The molecule has 1 rings (SSSR count). The molecule has 0 fully saturated rings. The summed E-state index contributed by atoms with van der Waals surface area (Å²) < 4.78 is 13.0. The molecule has 0 aliphatic rings. The van der Waals surface area contributed by atoms with Gasteiger partial charge in [-0.2, -0.15) is 0 Å². The summed E-state index contributed by atoms with van der Waals surface area (Å²) in [6.07, 6.45) is 2.45. The molecular weight excluding hydrogens is 211 g/mol. The van der Waals surface area contributed by atoms with E-state index in [1.165, 1.54) is 0 Å². The maximum absolute atomic E-state index is 13.0. The van der Waals surface area contributed by atoms with Crippen molar-refractivity contribution in [2.75, 3.05) is 0 Å². The Balaban J connectivity index is 2.99. The maximum atomic E-state index is 13.0. The number of nitro groups is 1. The van der Waals surface area contributed by atoms with Gasteiger partial charge in [0.25, 0.3) is 5.69 Å². The minimum absolute atomic E-state index is 0.106. The topological polar surface area (TPSA) is 69.2 Å². The van der Waals surface area contributed by atoms with Crippen LogP contribution < -0.4 is 5.73 Å². The predicted octanol–water partition coefficient (Wildman–Crippen LogP) is 2.92. The number of unbranched alkanes of at least 4 members (excludes halogenated alkanes) is 1. The Morgan fingerprint density at radius 3 is 2.81 bits per heavy atom. The molecule has 88 valence electrons. The highest BCUT2D eigenvalue weighted by Gasteiger charge is 2.19. The van der Waals surface area contributed by atoms with Crippen molar-refractivity contribution in [3.8, 4) is 0 Å². The lowest BCUT2D eigenvalue weighted by Crippen LogP contribution is -2.12. The largest absolute Gasteiger partial charge is 0.324 e. The number of nitrogens with two attached hydrogens (primary N) is 1. The van der Waals surface area contributed by atoms with Crippen molar-refractivity contribution in [3.63, 3.8) is 0 Å². The first kappa shape index (κ1) is 12.6. The third-order valence-corrected chi connectivity index (χ3v) is 2.45. The first-order valence-electron chi connectivity index (χ1n) is 5.25. The van der Waals surface area contributed by atoms with Gasteiger partial charge >= 0.3 is 0 Å². The summed E-state index contributed by atoms with van der Waals surface area (Å²) in [4.78, 5) is 10.2. The van der Waals surface area contributed by atoms with Crippen LogP contribution in [-0.4, -0.2) is 4.92 Å². The Hall–Kier alpha value is -1.49. The molecule has 2 N–H and O–H groups in total. The summed E-state index contributed by atoms with van der Waals surface area (Å²) in [5.41, 5.74) is 5.99. The molecule has 4 nitrogen and oxygen atoms in total. The number of hydrogen-bond acceptors (Lipinski definition) is 3. The summed E-state index contributed by atoms with van der Waals surface area (Å²) in [6, 6.07) is 2.92. The predicted molar refractivity (Wildman–Crippen MR) is 59.5 cm³/mol. The Labute approximate surface area is 93.4 Å². The van der Waals surface area contributed by atoms with Crippen molar-refractivity contribution in [2.24, 2.45) is 5.73 Å². The van der Waals surface area contributed by atoms with Crippen LogP contribution in [0.2, 0.25) is 0 Å². The highest BCUT2D eigenvalue weighted by atomic mass is 19.1. The van der Waals surface area contributed by atoms with Crippen molar-refractivity contribution in [3.05, 3.63) is 39.7 Å². The van der Waals surface area contributed by atoms with E-state index in [9.17, 15) is 14.5 Å². The molecule has 0 spiro atoms. The van der Waals surface area contributed by atoms with E-state index in [1.54, 1.807) is 0 Å². The van der Waals surface area contributed by atoms with E-state index in [2.05, 4.69) is 0 Å². The van der Waals surface area contributed by atoms with E-state index in [0.717, 1.165) is 31.0 Å². The molecule has 0 amide bonds. The Bertz CT molecular complexity index is 382. The second-order valence-corrected chi connectivity index (χ2v) is 3.71. The highest BCUT2D eigenvalue weighted by molar-refractivity contribution is 5.42. The lowest BCUT2D eigenvalue weighted by Gasteiger charge is -2.11. The summed E-state index contributed by atoms with van der Waals surface area (Å²) >= 11 is 0. The molecule has 1 aromatic carbocycles. The Morgan fingerprint density at radius 1 is 1.56 bits per heavy atom. The van der Waals surface area contributed by atoms with E-state index in [1.807, 2.05) is 6.92 Å². The second-order valence-electron chi connectivity index (χ2n) is 3.71. The van der Waals surface area contributed by atoms with E-state index < -0.39 is 16.8 Å². The SMILES string of the molecule is CCCC[C@@H](N)c1cc(F)ccc1[N+](=O)[O-]. The van der Waals surface area contributed by atoms with Gasteiger partial charge in [0.15, 0.2) is 0 Å². The molecular formula is C11H15FN2O2. The summed E-state index contributed by atoms with van der Waals surface area (Å²) in [5, 5.41) is 10.7. The number of rotatable bonds is 5. The third-order valence-electron chi connectivity index (χ3n) is 2.45. The fraction of sp³-hybridized carbons (Fsp3) is 0.455. The number of halogens is 1. The zero-order valence-electron chi connectivity index (χ0n) is 9.15. The van der Waals surface area contributed by atoms with Crippen molar-refractivity contribution >= 4 is 5.69 Å². The molecule has 0 aliphatic carbocycles. The molecule has 0 saturated heterocycles. The van der Waals surface area contributed by atoms with Gasteiger partial charge in [0.05, 0.1) is 4.92 Å². The second kappa shape index (κ2) is 5.55. The molecule has 0 unspecified atom stereocenters. The van der Waals surface area contributed by atoms with E-state index in [0.29, 0.717) is 6.42 Å². The normalized spacial score (nSPS) is 12.4. The van der Waals surface area contributed by atoms with Crippen molar-refractivity contribution < 1.29 is 9.31 Å². The molecule has 0 saturated carbocycles. The van der Waals surface area contributed by atoms with Crippen LogP contribution >= 0.6 is 0 Å². The molecule has 1 aromatic rings. The van der Waals surface area contributed by atoms with Crippen molar-refractivity contribution in [1.29, 1.82) is 0 Å². The average molecular weight is 226 g/mol. The van der Waals surface area contributed by atoms with Crippen LogP contribution in [0.15, 0.2) is 18.2 Å². The van der Waals surface area contributed by atoms with E-state index in [-0.39, 0.29) is 11.3 Å². The minimum Gasteiger partial charge on any atom is -0.324 e. The lowest BCUT2D eigenvalue weighted by molar-refractivity contribution is -0.385. The molecule has 0 radical (unpaired) electrons. The van der Waals surface area contributed by atoms with Gasteiger partial charge in [-0.05, 0) is 18.6 Å². The number of hydrogen-bond donors (Lipinski definition) is 1. The Kier molecular flexibility index (Phi) is 4.37. The molecule has 0 aromatic heterocycles. The van der Waals surface area contributed by atoms with Crippen LogP contribution in [0.5, 0.6) is 0 Å². The van der Waals surface area contributed by atoms with Gasteiger partial charge in [-0.1, -0.05) is 19.8 Å². The van der Waals surface area contributed by atoms with E-state index in [4.69, 9.17) is 5.73 Å². The fourth-order valence-electron chi connectivity index (χ4n) is 1.57. The molecule has 5 heteroatoms. The molecule has 16 heavy (non-hydrogen) atoms. The van der Waals surface area contributed by atoms with Crippen molar-refractivity contribution in [1.82, 2.24) is 0 Å². The van der Waals surface area contributed by atoms with E-state index >= 15 is 0 Å². The molecule has 0 bridgehead atoms. The van der Waals surface area contributed by atoms with Crippen LogP contribution in [0.3, 0.4) is 0 Å². The van der Waals surface area contributed by atoms with Crippen LogP contribution in [-0.2, 0) is 0 Å². The van der Waals surface area contributed by atoms with Gasteiger partial charge in [0.2, 0.25) is 0 Å². The van der Waals surface area contributed by atoms with Crippen LogP contribution in [0.4, 0.5) is 10.1 Å². The van der Waals surface area contributed by atoms with Gasteiger partial charge in [-0.15, -0.1) is 0 Å². The standard InChI is InChI=1S/C11H15FN2O2/c1-2-3-4-10(13)9-7-8(12)5-6-11(9)14(15)16/h5-7,10H,2-4,13H2,1H3/t10-/m1/s1. The van der Waals surface area contributed by atoms with Crippen LogP contribution in [0, 0.1) is 15.9 Å². The van der Waals surface area contributed by atoms with Gasteiger partial charge in [-0.3, -0.25) is 10.1 Å². The molecule has 0 aliphatic heterocycles.